The van der Waals surface area contributed by atoms with Crippen molar-refractivity contribution in [3.63, 3.8) is 0 Å². The molecule has 2 unspecified atom stereocenters. The van der Waals surface area contributed by atoms with Gasteiger partial charge in [0.05, 0.1) is 11.4 Å². The summed E-state index contributed by atoms with van der Waals surface area (Å²) in [5.74, 6) is -0.982. The first-order chi connectivity index (χ1) is 10.5. The van der Waals surface area contributed by atoms with Crippen molar-refractivity contribution in [3.05, 3.63) is 5.53 Å². The second kappa shape index (κ2) is 7.11. The molecule has 0 amide bonds. The fourth-order valence-electron chi connectivity index (χ4n) is 2.80. The van der Waals surface area contributed by atoms with Gasteiger partial charge in [-0.25, -0.2) is 13.2 Å². The molecule has 7 nitrogen and oxygen atoms in total. The van der Waals surface area contributed by atoms with Gasteiger partial charge in [-0.3, -0.25) is 0 Å². The number of rotatable bonds is 5. The molecule has 0 radical (unpaired) electrons. The van der Waals surface area contributed by atoms with Gasteiger partial charge in [0.15, 0.2) is 0 Å². The highest BCUT2D eigenvalue weighted by atomic mass is 32.2. The summed E-state index contributed by atoms with van der Waals surface area (Å²) in [6, 6.07) is 0. The highest BCUT2D eigenvalue weighted by molar-refractivity contribution is 7.90. The monoisotopic (exact) mass is 345 g/mol. The molecular weight excluding hydrogens is 318 g/mol. The first kappa shape index (κ1) is 19.8. The summed E-state index contributed by atoms with van der Waals surface area (Å²) in [5.41, 5.74) is 7.90. The molecule has 0 aliphatic heterocycles. The van der Waals surface area contributed by atoms with Crippen molar-refractivity contribution in [3.8, 4) is 0 Å². The van der Waals surface area contributed by atoms with Crippen molar-refractivity contribution in [2.45, 2.75) is 70.6 Å². The van der Waals surface area contributed by atoms with E-state index in [2.05, 4.69) is 9.51 Å². The summed E-state index contributed by atoms with van der Waals surface area (Å²) in [4.78, 5) is 15.3. The Kier molecular flexibility index (Phi) is 6.12. The average Bonchev–Trinajstić information content (AvgIpc) is 2.41. The van der Waals surface area contributed by atoms with Crippen LogP contribution in [0, 0.1) is 5.92 Å². The fourth-order valence-corrected chi connectivity index (χ4v) is 3.99. The Bertz CT molecular complexity index is 603. The lowest BCUT2D eigenvalue weighted by molar-refractivity contribution is -0.141. The molecule has 0 aromatic heterocycles. The van der Waals surface area contributed by atoms with Gasteiger partial charge >= 0.3 is 11.7 Å². The second-order valence-corrected chi connectivity index (χ2v) is 9.44. The van der Waals surface area contributed by atoms with E-state index >= 15 is 0 Å². The van der Waals surface area contributed by atoms with Crippen LogP contribution in [0.2, 0.25) is 0 Å². The summed E-state index contributed by atoms with van der Waals surface area (Å²) in [7, 11) is -3.74. The maximum absolute atomic E-state index is 12.7. The van der Waals surface area contributed by atoms with Gasteiger partial charge < -0.3 is 10.3 Å². The number of nitrogens with one attached hydrogen (secondary N) is 1. The SMILES string of the molecule is CCOC(=O)C(=[N+]=[N-])C1(NS(=O)(=O)C(C)(C)C)CCCCC1C. The standard InChI is InChI=1S/C15H27N3O4S/c1-6-22-13(19)12(17-16)15(10-8-7-9-11(15)2)18-23(20,21)14(3,4)5/h11,18H,6-10H2,1-5H3. The van der Waals surface area contributed by atoms with Gasteiger partial charge in [-0.15, -0.1) is 0 Å². The van der Waals surface area contributed by atoms with Crippen molar-refractivity contribution in [1.29, 1.82) is 0 Å². The van der Waals surface area contributed by atoms with Crippen molar-refractivity contribution < 1.29 is 22.7 Å². The van der Waals surface area contributed by atoms with Crippen LogP contribution < -0.4 is 4.72 Å². The third-order valence-electron chi connectivity index (χ3n) is 4.41. The summed E-state index contributed by atoms with van der Waals surface area (Å²) < 4.78 is 31.9. The molecule has 2 atom stereocenters. The van der Waals surface area contributed by atoms with Crippen molar-refractivity contribution in [2.75, 3.05) is 6.61 Å². The zero-order valence-corrected chi connectivity index (χ0v) is 15.4. The number of nitrogens with zero attached hydrogens (tertiary/aromatic N) is 2. The van der Waals surface area contributed by atoms with Crippen LogP contribution in [0.15, 0.2) is 0 Å². The number of hydrogen-bond donors (Lipinski definition) is 1. The molecule has 132 valence electrons. The van der Waals surface area contributed by atoms with Gasteiger partial charge in [0.1, 0.15) is 5.54 Å². The number of carbonyl (C=O) groups is 1. The minimum Gasteiger partial charge on any atom is -0.457 e. The molecular formula is C15H27N3O4S. The van der Waals surface area contributed by atoms with Crippen molar-refractivity contribution in [2.24, 2.45) is 5.92 Å². The van der Waals surface area contributed by atoms with Gasteiger partial charge in [0.2, 0.25) is 10.0 Å². The highest BCUT2D eigenvalue weighted by Crippen LogP contribution is 2.36. The molecule has 0 aromatic rings. The quantitative estimate of drug-likeness (QED) is 0.355. The van der Waals surface area contributed by atoms with E-state index in [0.717, 1.165) is 19.3 Å². The molecule has 1 rings (SSSR count). The van der Waals surface area contributed by atoms with Gasteiger partial charge in [-0.05, 0) is 46.5 Å². The molecule has 1 aliphatic rings. The van der Waals surface area contributed by atoms with Crippen LogP contribution in [0.3, 0.4) is 0 Å². The summed E-state index contributed by atoms with van der Waals surface area (Å²) in [5, 5.41) is 0. The predicted octanol–water partition coefficient (Wildman–Crippen LogP) is 1.89. The summed E-state index contributed by atoms with van der Waals surface area (Å²) in [6.07, 6.45) is 2.78. The lowest BCUT2D eigenvalue weighted by Gasteiger charge is -2.40. The van der Waals surface area contributed by atoms with Crippen LogP contribution in [-0.2, 0) is 19.6 Å². The molecule has 0 bridgehead atoms. The Morgan fingerprint density at radius 3 is 2.43 bits per heavy atom. The third-order valence-corrected chi connectivity index (χ3v) is 6.66. The molecule has 0 spiro atoms. The van der Waals surface area contributed by atoms with E-state index < -0.39 is 26.3 Å². The van der Waals surface area contributed by atoms with E-state index in [1.807, 2.05) is 6.92 Å². The Morgan fingerprint density at radius 2 is 2.00 bits per heavy atom. The number of ether oxygens (including phenoxy) is 1. The molecule has 1 saturated carbocycles. The van der Waals surface area contributed by atoms with Crippen LogP contribution in [0.4, 0.5) is 0 Å². The van der Waals surface area contributed by atoms with Gasteiger partial charge in [0.25, 0.3) is 0 Å². The maximum Gasteiger partial charge on any atom is 0.419 e. The smallest absolute Gasteiger partial charge is 0.419 e. The molecule has 1 fully saturated rings. The van der Waals surface area contributed by atoms with E-state index in [0.29, 0.717) is 6.42 Å². The molecule has 0 aromatic carbocycles. The highest BCUT2D eigenvalue weighted by Gasteiger charge is 2.56. The lowest BCUT2D eigenvalue weighted by atomic mass is 9.71. The molecule has 23 heavy (non-hydrogen) atoms. The van der Waals surface area contributed by atoms with Crippen LogP contribution in [0.1, 0.15) is 60.3 Å². The minimum absolute atomic E-state index is 0.119. The van der Waals surface area contributed by atoms with Crippen LogP contribution >= 0.6 is 0 Å². The topological polar surface area (TPSA) is 109 Å². The van der Waals surface area contributed by atoms with E-state index in [9.17, 15) is 18.7 Å². The Hall–Kier alpha value is -1.24. The summed E-state index contributed by atoms with van der Waals surface area (Å²) >= 11 is 0. The molecule has 8 heteroatoms. The molecule has 0 heterocycles. The van der Waals surface area contributed by atoms with Crippen molar-refractivity contribution >= 4 is 21.7 Å². The minimum atomic E-state index is -3.74. The number of carbonyl (C=O) groups excluding carboxylic acids is 1. The third kappa shape index (κ3) is 4.00. The Balaban J connectivity index is 3.40. The zero-order chi connectivity index (χ0) is 17.9. The lowest BCUT2D eigenvalue weighted by Crippen LogP contribution is -2.64. The molecule has 1 N–H and O–H groups in total. The van der Waals surface area contributed by atoms with Gasteiger partial charge in [-0.1, -0.05) is 19.8 Å². The molecule has 1 aliphatic carbocycles. The second-order valence-electron chi connectivity index (χ2n) is 7.01. The summed E-state index contributed by atoms with van der Waals surface area (Å²) in [6.45, 7) is 8.36. The van der Waals surface area contributed by atoms with E-state index in [1.165, 1.54) is 0 Å². The molecule has 0 saturated heterocycles. The Labute approximate surface area is 138 Å². The van der Waals surface area contributed by atoms with Crippen LogP contribution in [0.25, 0.3) is 5.53 Å². The average molecular weight is 345 g/mol. The van der Waals surface area contributed by atoms with E-state index in [-0.39, 0.29) is 18.2 Å². The normalized spacial score (nSPS) is 25.5. The first-order valence-corrected chi connectivity index (χ1v) is 9.43. The number of hydrogen-bond acceptors (Lipinski definition) is 4. The van der Waals surface area contributed by atoms with Crippen LogP contribution in [-0.4, -0.2) is 41.8 Å². The predicted molar refractivity (Wildman–Crippen MR) is 87.4 cm³/mol. The largest absolute Gasteiger partial charge is 0.457 e. The van der Waals surface area contributed by atoms with Gasteiger partial charge in [-0.2, -0.15) is 9.51 Å². The van der Waals surface area contributed by atoms with E-state index in [1.54, 1.807) is 27.7 Å². The van der Waals surface area contributed by atoms with E-state index in [4.69, 9.17) is 4.74 Å². The zero-order valence-electron chi connectivity index (χ0n) is 14.5. The maximum atomic E-state index is 12.7. The number of sulfonamides is 1. The van der Waals surface area contributed by atoms with Crippen LogP contribution in [0.5, 0.6) is 0 Å². The first-order valence-electron chi connectivity index (χ1n) is 7.95. The van der Waals surface area contributed by atoms with Crippen molar-refractivity contribution in [1.82, 2.24) is 4.72 Å². The van der Waals surface area contributed by atoms with Gasteiger partial charge in [0, 0.05) is 0 Å². The fraction of sp³-hybridized carbons (Fsp3) is 0.867. The number of esters is 1. The Morgan fingerprint density at radius 1 is 1.39 bits per heavy atom.